The van der Waals surface area contributed by atoms with E-state index in [0.29, 0.717) is 12.5 Å². The van der Waals surface area contributed by atoms with Gasteiger partial charge in [-0.3, -0.25) is 4.79 Å². The molecule has 148 valence electrons. The molecule has 0 fully saturated rings. The van der Waals surface area contributed by atoms with Crippen LogP contribution in [0.3, 0.4) is 0 Å². The summed E-state index contributed by atoms with van der Waals surface area (Å²) < 4.78 is 1.79. The van der Waals surface area contributed by atoms with E-state index in [0.717, 1.165) is 23.4 Å². The molecule has 29 heavy (non-hydrogen) atoms. The molecule has 0 bridgehead atoms. The maximum absolute atomic E-state index is 12.3. The standard InChI is InChI=1S/C22H23N5OS/c1-16-9-10-20-18(12-16)13-21(29-20)22(28)25-23-11-5-8-19-15-27(26-24-19)14-17-6-3-2-4-7-17/h2-8,11,13,15-16H,9-10,12,14H2,1H3,(H,25,28)/b8-5+,23-11-/t16-/m0/s1. The van der Waals surface area contributed by atoms with Crippen LogP contribution in [0.2, 0.25) is 0 Å². The summed E-state index contributed by atoms with van der Waals surface area (Å²) in [6, 6.07) is 12.1. The van der Waals surface area contributed by atoms with E-state index < -0.39 is 0 Å². The first kappa shape index (κ1) is 19.3. The molecular weight excluding hydrogens is 382 g/mol. The monoisotopic (exact) mass is 405 g/mol. The molecule has 0 aliphatic heterocycles. The Hall–Kier alpha value is -3.06. The van der Waals surface area contributed by atoms with E-state index in [1.54, 1.807) is 34.4 Å². The zero-order chi connectivity index (χ0) is 20.1. The van der Waals surface area contributed by atoms with Gasteiger partial charge in [0.1, 0.15) is 5.69 Å². The fourth-order valence-corrected chi connectivity index (χ4v) is 4.49. The normalized spacial score (nSPS) is 16.4. The van der Waals surface area contributed by atoms with Crippen LogP contribution >= 0.6 is 11.3 Å². The summed E-state index contributed by atoms with van der Waals surface area (Å²) in [5, 5.41) is 12.2. The maximum Gasteiger partial charge on any atom is 0.281 e. The Morgan fingerprint density at radius 2 is 2.24 bits per heavy atom. The lowest BCUT2D eigenvalue weighted by molar-refractivity contribution is 0.0959. The van der Waals surface area contributed by atoms with Gasteiger partial charge in [-0.2, -0.15) is 5.10 Å². The van der Waals surface area contributed by atoms with Crippen LogP contribution in [0.5, 0.6) is 0 Å². The lowest BCUT2D eigenvalue weighted by Gasteiger charge is -2.16. The minimum absolute atomic E-state index is 0.157. The molecule has 6 nitrogen and oxygen atoms in total. The molecule has 1 aliphatic rings. The second-order valence-electron chi connectivity index (χ2n) is 7.31. The van der Waals surface area contributed by atoms with E-state index >= 15 is 0 Å². The van der Waals surface area contributed by atoms with Gasteiger partial charge < -0.3 is 0 Å². The predicted molar refractivity (Wildman–Crippen MR) is 116 cm³/mol. The molecule has 1 aromatic carbocycles. The average molecular weight is 406 g/mol. The number of hydrogen-bond acceptors (Lipinski definition) is 5. The molecule has 0 spiro atoms. The molecule has 4 rings (SSSR count). The van der Waals surface area contributed by atoms with Crippen molar-refractivity contribution in [1.82, 2.24) is 20.4 Å². The number of benzene rings is 1. The Bertz CT molecular complexity index is 1030. The summed E-state index contributed by atoms with van der Waals surface area (Å²) in [5.74, 6) is 0.539. The first-order chi connectivity index (χ1) is 14.2. The van der Waals surface area contributed by atoms with Gasteiger partial charge >= 0.3 is 0 Å². The van der Waals surface area contributed by atoms with Crippen LogP contribution in [0.1, 0.15) is 44.7 Å². The summed E-state index contributed by atoms with van der Waals surface area (Å²) in [5.41, 5.74) is 5.82. The molecule has 0 radical (unpaired) electrons. The molecule has 0 saturated heterocycles. The fraction of sp³-hybridized carbons (Fsp3) is 0.273. The number of hydrazone groups is 1. The van der Waals surface area contributed by atoms with Gasteiger partial charge in [-0.1, -0.05) is 42.5 Å². The average Bonchev–Trinajstić information content (AvgIpc) is 3.35. The summed E-state index contributed by atoms with van der Waals surface area (Å²) in [4.78, 5) is 14.4. The van der Waals surface area contributed by atoms with Crippen LogP contribution in [-0.2, 0) is 19.4 Å². The SMILES string of the molecule is C[C@H]1CCc2sc(C(=O)N/N=C\C=C\c3cn(Cc4ccccc4)nn3)cc2C1. The summed E-state index contributed by atoms with van der Waals surface area (Å²) in [6.45, 7) is 2.94. The molecular formula is C22H23N5OS. The first-order valence-corrected chi connectivity index (χ1v) is 10.5. The number of nitrogens with zero attached hydrogens (tertiary/aromatic N) is 4. The van der Waals surface area contributed by atoms with Crippen LogP contribution < -0.4 is 5.43 Å². The Morgan fingerprint density at radius 1 is 1.38 bits per heavy atom. The number of aryl methyl sites for hydroxylation is 1. The minimum Gasteiger partial charge on any atom is -0.266 e. The quantitative estimate of drug-likeness (QED) is 0.499. The number of hydrogen-bond donors (Lipinski definition) is 1. The molecule has 0 unspecified atom stereocenters. The molecule has 7 heteroatoms. The Balaban J connectivity index is 1.28. The summed E-state index contributed by atoms with van der Waals surface area (Å²) >= 11 is 1.58. The zero-order valence-electron chi connectivity index (χ0n) is 16.3. The van der Waals surface area contributed by atoms with Gasteiger partial charge in [-0.05, 0) is 54.5 Å². The minimum atomic E-state index is -0.157. The molecule has 1 atom stereocenters. The van der Waals surface area contributed by atoms with Gasteiger partial charge in [0.15, 0.2) is 0 Å². The molecule has 1 aliphatic carbocycles. The van der Waals surface area contributed by atoms with Crippen LogP contribution in [0.15, 0.2) is 53.8 Å². The number of aromatic nitrogens is 3. The van der Waals surface area contributed by atoms with Gasteiger partial charge in [0.25, 0.3) is 5.91 Å². The van der Waals surface area contributed by atoms with Crippen molar-refractivity contribution in [3.63, 3.8) is 0 Å². The third kappa shape index (κ3) is 5.06. The van der Waals surface area contributed by atoms with Crippen molar-refractivity contribution in [2.45, 2.75) is 32.7 Å². The van der Waals surface area contributed by atoms with Crippen LogP contribution in [-0.4, -0.2) is 27.1 Å². The molecule has 2 aromatic heterocycles. The second-order valence-corrected chi connectivity index (χ2v) is 8.45. The number of amides is 1. The van der Waals surface area contributed by atoms with E-state index in [1.807, 2.05) is 30.5 Å². The van der Waals surface area contributed by atoms with Crippen molar-refractivity contribution in [3.05, 3.63) is 75.2 Å². The van der Waals surface area contributed by atoms with E-state index in [2.05, 4.69) is 39.9 Å². The van der Waals surface area contributed by atoms with Crippen molar-refractivity contribution >= 4 is 29.5 Å². The first-order valence-electron chi connectivity index (χ1n) is 9.73. The maximum atomic E-state index is 12.3. The predicted octanol–water partition coefficient (Wildman–Crippen LogP) is 3.94. The van der Waals surface area contributed by atoms with E-state index in [1.165, 1.54) is 22.4 Å². The van der Waals surface area contributed by atoms with Gasteiger partial charge in [0.05, 0.1) is 17.6 Å². The number of allylic oxidation sites excluding steroid dienone is 1. The van der Waals surface area contributed by atoms with E-state index in [9.17, 15) is 4.79 Å². The van der Waals surface area contributed by atoms with Gasteiger partial charge in [-0.15, -0.1) is 16.4 Å². The van der Waals surface area contributed by atoms with Crippen molar-refractivity contribution in [2.75, 3.05) is 0 Å². The highest BCUT2D eigenvalue weighted by molar-refractivity contribution is 7.14. The number of nitrogens with one attached hydrogen (secondary N) is 1. The Kier molecular flexibility index (Phi) is 5.95. The second kappa shape index (κ2) is 8.96. The molecule has 1 N–H and O–H groups in total. The lowest BCUT2D eigenvalue weighted by atomic mass is 9.90. The van der Waals surface area contributed by atoms with Crippen molar-refractivity contribution in [3.8, 4) is 0 Å². The molecule has 3 aromatic rings. The molecule has 2 heterocycles. The third-order valence-corrected chi connectivity index (χ3v) is 6.13. The third-order valence-electron chi connectivity index (χ3n) is 4.89. The summed E-state index contributed by atoms with van der Waals surface area (Å²) in [7, 11) is 0. The zero-order valence-corrected chi connectivity index (χ0v) is 17.1. The fourth-order valence-electron chi connectivity index (χ4n) is 3.39. The van der Waals surface area contributed by atoms with Crippen LogP contribution in [0, 0.1) is 5.92 Å². The molecule has 1 amide bonds. The Morgan fingerprint density at radius 3 is 3.10 bits per heavy atom. The number of carbonyl (C=O) groups is 1. The highest BCUT2D eigenvalue weighted by Gasteiger charge is 2.20. The van der Waals surface area contributed by atoms with Gasteiger partial charge in [0, 0.05) is 11.1 Å². The van der Waals surface area contributed by atoms with Gasteiger partial charge in [0.2, 0.25) is 0 Å². The number of thiophene rings is 1. The van der Waals surface area contributed by atoms with Crippen molar-refractivity contribution < 1.29 is 4.79 Å². The lowest BCUT2D eigenvalue weighted by Crippen LogP contribution is -2.15. The van der Waals surface area contributed by atoms with Crippen LogP contribution in [0.4, 0.5) is 0 Å². The van der Waals surface area contributed by atoms with E-state index in [4.69, 9.17) is 0 Å². The largest absolute Gasteiger partial charge is 0.281 e. The summed E-state index contributed by atoms with van der Waals surface area (Å²) in [6.07, 6.45) is 10.3. The van der Waals surface area contributed by atoms with Crippen LogP contribution in [0.25, 0.3) is 6.08 Å². The van der Waals surface area contributed by atoms with Crippen molar-refractivity contribution in [2.24, 2.45) is 11.0 Å². The highest BCUT2D eigenvalue weighted by atomic mass is 32.1. The van der Waals surface area contributed by atoms with Crippen molar-refractivity contribution in [1.29, 1.82) is 0 Å². The topological polar surface area (TPSA) is 72.2 Å². The Labute approximate surface area is 174 Å². The number of rotatable bonds is 6. The van der Waals surface area contributed by atoms with Gasteiger partial charge in [-0.25, -0.2) is 10.1 Å². The smallest absolute Gasteiger partial charge is 0.266 e. The van der Waals surface area contributed by atoms with E-state index in [-0.39, 0.29) is 5.91 Å². The number of fused-ring (bicyclic) bond motifs is 1. The number of carbonyl (C=O) groups excluding carboxylic acids is 1. The highest BCUT2D eigenvalue weighted by Crippen LogP contribution is 2.32. The molecule has 0 saturated carbocycles.